The lowest BCUT2D eigenvalue weighted by Crippen LogP contribution is -2.52. The maximum atomic E-state index is 13.9. The second kappa shape index (κ2) is 6.95. The Bertz CT molecular complexity index is 991. The number of phenolic OH excluding ortho intramolecular Hbond substituents is 1. The number of carbonyl (C=O) groups is 3. The first-order chi connectivity index (χ1) is 13.4. The van der Waals surface area contributed by atoms with Crippen LogP contribution >= 0.6 is 0 Å². The Morgan fingerprint density at radius 3 is 2.79 bits per heavy atom. The van der Waals surface area contributed by atoms with Gasteiger partial charge in [-0.1, -0.05) is 12.1 Å². The van der Waals surface area contributed by atoms with Crippen molar-refractivity contribution in [3.05, 3.63) is 58.9 Å². The zero-order chi connectivity index (χ0) is 19.8. The normalized spacial score (nSPS) is 18.8. The highest BCUT2D eigenvalue weighted by molar-refractivity contribution is 6.06. The number of phenols is 1. The third kappa shape index (κ3) is 3.17. The van der Waals surface area contributed by atoms with Gasteiger partial charge in [-0.05, 0) is 24.6 Å². The molecule has 0 saturated carbocycles. The van der Waals surface area contributed by atoms with Gasteiger partial charge in [0, 0.05) is 48.0 Å². The van der Waals surface area contributed by atoms with Gasteiger partial charge in [0.1, 0.15) is 17.6 Å². The Balaban J connectivity index is 1.54. The van der Waals surface area contributed by atoms with Crippen molar-refractivity contribution < 1.29 is 23.9 Å². The molecule has 28 heavy (non-hydrogen) atoms. The maximum absolute atomic E-state index is 13.9. The molecule has 2 heterocycles. The SMILES string of the molecule is O=C1CC[C@@H](N2Cc3c(NCc4ccc(O)cc4F)cccc3C2=O)C(=O)N1. The van der Waals surface area contributed by atoms with Crippen LogP contribution in [0.15, 0.2) is 36.4 Å². The zero-order valence-electron chi connectivity index (χ0n) is 14.9. The fourth-order valence-corrected chi connectivity index (χ4v) is 3.62. The van der Waals surface area contributed by atoms with E-state index in [0.29, 0.717) is 23.2 Å². The number of hydrogen-bond acceptors (Lipinski definition) is 5. The van der Waals surface area contributed by atoms with Crippen molar-refractivity contribution in [2.45, 2.75) is 32.0 Å². The first-order valence-electron chi connectivity index (χ1n) is 8.92. The Morgan fingerprint density at radius 1 is 1.21 bits per heavy atom. The van der Waals surface area contributed by atoms with E-state index in [0.717, 1.165) is 11.6 Å². The monoisotopic (exact) mass is 383 g/mol. The number of halogens is 1. The van der Waals surface area contributed by atoms with Gasteiger partial charge in [0.25, 0.3) is 5.91 Å². The summed E-state index contributed by atoms with van der Waals surface area (Å²) >= 11 is 0. The minimum absolute atomic E-state index is 0.146. The van der Waals surface area contributed by atoms with E-state index in [1.54, 1.807) is 18.2 Å². The molecule has 4 rings (SSSR count). The Morgan fingerprint density at radius 2 is 2.04 bits per heavy atom. The summed E-state index contributed by atoms with van der Waals surface area (Å²) in [5.41, 5.74) is 2.27. The summed E-state index contributed by atoms with van der Waals surface area (Å²) in [6.45, 7) is 0.414. The van der Waals surface area contributed by atoms with E-state index >= 15 is 0 Å². The van der Waals surface area contributed by atoms with Crippen LogP contribution in [-0.2, 0) is 22.7 Å². The Hall–Kier alpha value is -3.42. The molecule has 8 heteroatoms. The smallest absolute Gasteiger partial charge is 0.255 e. The molecule has 0 radical (unpaired) electrons. The van der Waals surface area contributed by atoms with Gasteiger partial charge in [0.15, 0.2) is 0 Å². The van der Waals surface area contributed by atoms with E-state index in [2.05, 4.69) is 10.6 Å². The number of fused-ring (bicyclic) bond motifs is 1. The second-order valence-corrected chi connectivity index (χ2v) is 6.86. The van der Waals surface area contributed by atoms with Crippen molar-refractivity contribution in [1.82, 2.24) is 10.2 Å². The molecule has 1 saturated heterocycles. The molecular weight excluding hydrogens is 365 g/mol. The van der Waals surface area contributed by atoms with Crippen LogP contribution in [0.1, 0.15) is 34.3 Å². The van der Waals surface area contributed by atoms with Crippen LogP contribution < -0.4 is 10.6 Å². The molecule has 2 aliphatic rings. The Kier molecular flexibility index (Phi) is 4.46. The third-order valence-electron chi connectivity index (χ3n) is 5.09. The quantitative estimate of drug-likeness (QED) is 0.701. The van der Waals surface area contributed by atoms with E-state index in [1.807, 2.05) is 0 Å². The molecule has 3 amide bonds. The van der Waals surface area contributed by atoms with Crippen molar-refractivity contribution in [2.24, 2.45) is 0 Å². The lowest BCUT2D eigenvalue weighted by atomic mass is 10.0. The number of rotatable bonds is 4. The fraction of sp³-hybridized carbons (Fsp3) is 0.250. The lowest BCUT2D eigenvalue weighted by Gasteiger charge is -2.29. The zero-order valence-corrected chi connectivity index (χ0v) is 14.9. The average molecular weight is 383 g/mol. The number of anilines is 1. The molecule has 2 aromatic rings. The van der Waals surface area contributed by atoms with Gasteiger partial charge in [-0.25, -0.2) is 4.39 Å². The van der Waals surface area contributed by atoms with Crippen LogP contribution in [0.2, 0.25) is 0 Å². The molecule has 3 N–H and O–H groups in total. The number of nitrogens with one attached hydrogen (secondary N) is 2. The third-order valence-corrected chi connectivity index (χ3v) is 5.09. The van der Waals surface area contributed by atoms with Gasteiger partial charge >= 0.3 is 0 Å². The van der Waals surface area contributed by atoms with Crippen molar-refractivity contribution in [3.63, 3.8) is 0 Å². The fourth-order valence-electron chi connectivity index (χ4n) is 3.62. The van der Waals surface area contributed by atoms with Gasteiger partial charge in [-0.3, -0.25) is 19.7 Å². The molecule has 7 nitrogen and oxygen atoms in total. The van der Waals surface area contributed by atoms with Crippen LogP contribution in [-0.4, -0.2) is 33.8 Å². The van der Waals surface area contributed by atoms with Crippen LogP contribution in [0.3, 0.4) is 0 Å². The van der Waals surface area contributed by atoms with Crippen molar-refractivity contribution in [2.75, 3.05) is 5.32 Å². The topological polar surface area (TPSA) is 98.7 Å². The van der Waals surface area contributed by atoms with Crippen molar-refractivity contribution in [1.29, 1.82) is 0 Å². The number of amides is 3. The minimum atomic E-state index is -0.681. The molecule has 2 aliphatic heterocycles. The standard InChI is InChI=1S/C20H18FN3O4/c21-15-8-12(25)5-4-11(15)9-22-16-3-1-2-13-14(16)10-24(20(13)28)17-6-7-18(26)23-19(17)27/h1-5,8,17,22,25H,6-7,9-10H2,(H,23,26,27)/t17-/m1/s1. The second-order valence-electron chi connectivity index (χ2n) is 6.86. The molecule has 0 spiro atoms. The molecule has 0 aliphatic carbocycles. The number of nitrogens with zero attached hydrogens (tertiary/aromatic N) is 1. The highest BCUT2D eigenvalue weighted by atomic mass is 19.1. The van der Waals surface area contributed by atoms with Gasteiger partial charge in [0.2, 0.25) is 11.8 Å². The largest absolute Gasteiger partial charge is 0.508 e. The first kappa shape index (κ1) is 18.0. The number of hydrogen-bond donors (Lipinski definition) is 3. The summed E-state index contributed by atoms with van der Waals surface area (Å²) in [7, 11) is 0. The summed E-state index contributed by atoms with van der Waals surface area (Å²) in [4.78, 5) is 37.8. The maximum Gasteiger partial charge on any atom is 0.255 e. The van der Waals surface area contributed by atoms with E-state index in [1.165, 1.54) is 17.0 Å². The molecule has 1 atom stereocenters. The molecule has 144 valence electrons. The van der Waals surface area contributed by atoms with E-state index < -0.39 is 17.8 Å². The highest BCUT2D eigenvalue weighted by Crippen LogP contribution is 2.32. The first-order valence-corrected chi connectivity index (χ1v) is 8.92. The number of piperidine rings is 1. The summed E-state index contributed by atoms with van der Waals surface area (Å²) in [6, 6.07) is 8.46. The Labute approximate surface area is 160 Å². The van der Waals surface area contributed by atoms with Crippen LogP contribution in [0.4, 0.5) is 10.1 Å². The van der Waals surface area contributed by atoms with E-state index in [9.17, 15) is 23.9 Å². The van der Waals surface area contributed by atoms with Gasteiger partial charge in [0.05, 0.1) is 0 Å². The van der Waals surface area contributed by atoms with Gasteiger partial charge in [-0.2, -0.15) is 0 Å². The number of imide groups is 1. The van der Waals surface area contributed by atoms with Crippen molar-refractivity contribution >= 4 is 23.4 Å². The minimum Gasteiger partial charge on any atom is -0.508 e. The van der Waals surface area contributed by atoms with Gasteiger partial charge in [-0.15, -0.1) is 0 Å². The number of benzene rings is 2. The van der Waals surface area contributed by atoms with Crippen molar-refractivity contribution in [3.8, 4) is 5.75 Å². The summed E-state index contributed by atoms with van der Waals surface area (Å²) in [6.07, 6.45) is 0.494. The van der Waals surface area contributed by atoms with Crippen LogP contribution in [0.5, 0.6) is 5.75 Å². The lowest BCUT2D eigenvalue weighted by molar-refractivity contribution is -0.136. The summed E-state index contributed by atoms with van der Waals surface area (Å²) in [5, 5.41) is 14.7. The molecule has 0 bridgehead atoms. The van der Waals surface area contributed by atoms with Crippen LogP contribution in [0.25, 0.3) is 0 Å². The van der Waals surface area contributed by atoms with E-state index in [4.69, 9.17) is 0 Å². The summed E-state index contributed by atoms with van der Waals surface area (Å²) < 4.78 is 13.9. The predicted molar refractivity (Wildman–Crippen MR) is 97.9 cm³/mol. The van der Waals surface area contributed by atoms with E-state index in [-0.39, 0.29) is 37.1 Å². The molecule has 1 fully saturated rings. The molecule has 0 unspecified atom stereocenters. The molecular formula is C20H18FN3O4. The summed E-state index contributed by atoms with van der Waals surface area (Å²) in [5.74, 6) is -1.72. The highest BCUT2D eigenvalue weighted by Gasteiger charge is 2.39. The van der Waals surface area contributed by atoms with Crippen LogP contribution in [0, 0.1) is 5.82 Å². The molecule has 2 aromatic carbocycles. The molecule has 0 aromatic heterocycles. The number of carbonyl (C=O) groups excluding carboxylic acids is 3. The van der Waals surface area contributed by atoms with Gasteiger partial charge < -0.3 is 15.3 Å². The predicted octanol–water partition coefficient (Wildman–Crippen LogP) is 1.90. The number of aromatic hydroxyl groups is 1. The average Bonchev–Trinajstić information content (AvgIpc) is 2.98.